The number of aromatic nitrogens is 3. The van der Waals surface area contributed by atoms with E-state index in [1.807, 2.05) is 135 Å². The van der Waals surface area contributed by atoms with E-state index in [0.717, 1.165) is 67.0 Å². The Labute approximate surface area is 382 Å². The first kappa shape index (κ1) is 38.1. The van der Waals surface area contributed by atoms with E-state index in [1.165, 1.54) is 6.20 Å². The normalized spacial score (nSPS) is 13.0. The van der Waals surface area contributed by atoms with Gasteiger partial charge in [-0.05, 0) is 98.0 Å². The molecule has 3 heterocycles. The predicted octanol–water partition coefficient (Wildman–Crippen LogP) is 13.4. The summed E-state index contributed by atoms with van der Waals surface area (Å²) in [6.45, 7) is 12.8. The van der Waals surface area contributed by atoms with Crippen molar-refractivity contribution in [3.63, 3.8) is 0 Å². The van der Waals surface area contributed by atoms with Crippen molar-refractivity contribution in [1.82, 2.24) is 15.0 Å². The zero-order chi connectivity index (χ0) is 45.3. The first-order valence-electron chi connectivity index (χ1n) is 22.6. The minimum atomic E-state index is -2.51. The fourth-order valence-electron chi connectivity index (χ4n) is 7.75. The van der Waals surface area contributed by atoms with E-state index in [4.69, 9.17) is 15.0 Å². The molecule has 0 aliphatic carbocycles. The Kier molecular flexibility index (Phi) is 11.8. The average Bonchev–Trinajstić information content (AvgIpc) is 3.29. The van der Waals surface area contributed by atoms with Crippen LogP contribution in [0.1, 0.15) is 77.7 Å². The largest absolute Gasteiger partial charge is 3.00 e. The van der Waals surface area contributed by atoms with Crippen LogP contribution in [-0.4, -0.2) is 15.0 Å². The van der Waals surface area contributed by atoms with Gasteiger partial charge in [0.25, 0.3) is 0 Å². The number of aryl methyl sites for hydroxylation is 4. The van der Waals surface area contributed by atoms with E-state index in [2.05, 4.69) is 76.2 Å². The summed E-state index contributed by atoms with van der Waals surface area (Å²) in [5.74, 6) is 0. The van der Waals surface area contributed by atoms with E-state index in [0.29, 0.717) is 24.1 Å². The molecule has 0 bridgehead atoms. The number of nitrogens with zero attached hydrogens (tertiary/aromatic N) is 3. The maximum Gasteiger partial charge on any atom is 3.00 e. The second kappa shape index (κ2) is 18.9. The molecule has 0 spiro atoms. The first-order valence-corrected chi connectivity index (χ1v) is 20.6. The van der Waals surface area contributed by atoms with Crippen molar-refractivity contribution in [3.05, 3.63) is 221 Å². The van der Waals surface area contributed by atoms with Crippen molar-refractivity contribution in [2.24, 2.45) is 0 Å². The molecule has 0 N–H and O–H groups in total. The maximum atomic E-state index is 9.84. The van der Waals surface area contributed by atoms with Crippen LogP contribution in [0, 0.1) is 32.0 Å². The van der Waals surface area contributed by atoms with Crippen LogP contribution in [0.2, 0.25) is 0 Å². The van der Waals surface area contributed by atoms with Gasteiger partial charge in [-0.2, -0.15) is 0 Å². The van der Waals surface area contributed by atoms with Gasteiger partial charge in [0.05, 0.1) is 0 Å². The van der Waals surface area contributed by atoms with E-state index in [1.54, 1.807) is 0 Å². The van der Waals surface area contributed by atoms with Crippen LogP contribution in [0.5, 0.6) is 0 Å². The molecule has 0 unspecified atom stereocenters. The van der Waals surface area contributed by atoms with Gasteiger partial charge in [0.1, 0.15) is 0 Å². The van der Waals surface area contributed by atoms with Gasteiger partial charge >= 0.3 is 20.1 Å². The third kappa shape index (κ3) is 10.6. The van der Waals surface area contributed by atoms with Crippen LogP contribution in [0.3, 0.4) is 0 Å². The zero-order valence-electron chi connectivity index (χ0n) is 39.6. The molecule has 0 amide bonds. The molecular weight excluding hydrogens is 919 g/mol. The topological polar surface area (TPSA) is 38.7 Å². The summed E-state index contributed by atoms with van der Waals surface area (Å²) >= 11 is 0. The van der Waals surface area contributed by atoms with Gasteiger partial charge in [0.15, 0.2) is 0 Å². The molecule has 61 heavy (non-hydrogen) atoms. The first-order chi connectivity index (χ1) is 30.5. The average molecular weight is 975 g/mol. The Hall–Kier alpha value is -5.80. The minimum Gasteiger partial charge on any atom is -0.304 e. The number of hydrogen-bond donors (Lipinski definition) is 0. The Morgan fingerprint density at radius 2 is 1.03 bits per heavy atom. The van der Waals surface area contributed by atoms with Crippen LogP contribution in [0.25, 0.3) is 44.9 Å². The third-order valence-corrected chi connectivity index (χ3v) is 11.2. The molecule has 5 aromatic carbocycles. The molecular formula is C57H52IrN3. The van der Waals surface area contributed by atoms with E-state index in [-0.39, 0.29) is 31.2 Å². The molecule has 4 heteroatoms. The van der Waals surface area contributed by atoms with Crippen molar-refractivity contribution in [2.75, 3.05) is 0 Å². The van der Waals surface area contributed by atoms with E-state index < -0.39 is 23.6 Å². The zero-order valence-corrected chi connectivity index (χ0v) is 38.0. The summed E-state index contributed by atoms with van der Waals surface area (Å²) in [7, 11) is 0. The number of benzene rings is 5. The molecule has 3 aromatic heterocycles. The van der Waals surface area contributed by atoms with Crippen LogP contribution in [0.4, 0.5) is 0 Å². The smallest absolute Gasteiger partial charge is 0.304 e. The Bertz CT molecular complexity index is 2740. The van der Waals surface area contributed by atoms with Gasteiger partial charge in [0, 0.05) is 24.1 Å². The molecule has 8 aromatic rings. The Morgan fingerprint density at radius 3 is 1.52 bits per heavy atom. The SMILES string of the molecule is [2H]C([2H])(c1cc(CC(C)(C)c2ccc(-c3[c-]cc(C)cc3)nc2)cc(CC(C)(C)c2ccc(-c3[c-]cc(C)cc3)nc2)c1)C([2H])([2H])c1cnc(-c2[c-]cccc2)cc1-c1ccccc1.[Ir+3]. The van der Waals surface area contributed by atoms with Gasteiger partial charge in [-0.15, -0.1) is 107 Å². The van der Waals surface area contributed by atoms with Crippen LogP contribution in [-0.2, 0) is 56.5 Å². The molecule has 0 aliphatic rings. The standard InChI is InChI=1S/C57H52N3.Ir/c1-40-17-22-47(23-18-40)53-29-27-50(38-59-53)56(3,4)35-43-31-42(21-26-49-37-58-55(46-15-11-8-12-16-46)34-52(49)45-13-9-7-10-14-45)32-44(33-43)36-57(5,6)51-28-30-54(60-39-51)48-24-19-41(2)20-25-48;/h7-15,17-20,22,24,27-34,37-39H,21,26,35-36H2,1-6H3;/q-3;+3/i21D2,26D2;. The molecule has 0 fully saturated rings. The number of rotatable bonds is 13. The van der Waals surface area contributed by atoms with Crippen LogP contribution in [0.15, 0.2) is 158 Å². The number of pyridine rings is 3. The molecule has 304 valence electrons. The van der Waals surface area contributed by atoms with Gasteiger partial charge in [-0.25, -0.2) is 0 Å². The molecule has 0 radical (unpaired) electrons. The molecule has 0 saturated heterocycles. The summed E-state index contributed by atoms with van der Waals surface area (Å²) in [6.07, 6.45) is 1.48. The van der Waals surface area contributed by atoms with Crippen molar-refractivity contribution in [1.29, 1.82) is 0 Å². The maximum absolute atomic E-state index is 9.84. The molecule has 8 rings (SSSR count). The van der Waals surface area contributed by atoms with Gasteiger partial charge < -0.3 is 15.0 Å². The molecule has 0 saturated carbocycles. The summed E-state index contributed by atoms with van der Waals surface area (Å²) in [4.78, 5) is 14.4. The predicted molar refractivity (Wildman–Crippen MR) is 248 cm³/mol. The second-order valence-electron chi connectivity index (χ2n) is 17.1. The van der Waals surface area contributed by atoms with Gasteiger partial charge in [0.2, 0.25) is 0 Å². The van der Waals surface area contributed by atoms with Crippen molar-refractivity contribution in [3.8, 4) is 44.9 Å². The van der Waals surface area contributed by atoms with Gasteiger partial charge in [-0.1, -0.05) is 120 Å². The van der Waals surface area contributed by atoms with Crippen LogP contribution >= 0.6 is 0 Å². The summed E-state index contributed by atoms with van der Waals surface area (Å²) in [5, 5.41) is 0. The fraction of sp³-hybridized carbons (Fsp3) is 0.211. The molecule has 0 aliphatic heterocycles. The monoisotopic (exact) mass is 975 g/mol. The summed E-state index contributed by atoms with van der Waals surface area (Å²) in [5.41, 5.74) is 12.1. The fourth-order valence-corrected chi connectivity index (χ4v) is 7.75. The molecule has 3 nitrogen and oxygen atoms in total. The van der Waals surface area contributed by atoms with Crippen molar-refractivity contribution < 1.29 is 25.6 Å². The van der Waals surface area contributed by atoms with Crippen LogP contribution < -0.4 is 0 Å². The van der Waals surface area contributed by atoms with Gasteiger partial charge in [-0.3, -0.25) is 0 Å². The van der Waals surface area contributed by atoms with E-state index >= 15 is 0 Å². The number of hydrogen-bond acceptors (Lipinski definition) is 3. The Balaban J connectivity index is 0.00000630. The summed E-state index contributed by atoms with van der Waals surface area (Å²) in [6, 6.07) is 55.2. The van der Waals surface area contributed by atoms with E-state index in [9.17, 15) is 5.48 Å². The minimum absolute atomic E-state index is 0. The van der Waals surface area contributed by atoms with Crippen molar-refractivity contribution >= 4 is 0 Å². The van der Waals surface area contributed by atoms with Crippen molar-refractivity contribution in [2.45, 2.75) is 78.0 Å². The molecule has 0 atom stereocenters. The Morgan fingerprint density at radius 1 is 0.508 bits per heavy atom. The quantitative estimate of drug-likeness (QED) is 0.108. The second-order valence-corrected chi connectivity index (χ2v) is 17.1. The third-order valence-electron chi connectivity index (χ3n) is 11.2. The summed E-state index contributed by atoms with van der Waals surface area (Å²) < 4.78 is 39.2.